The Morgan fingerprint density at radius 1 is 0.358 bits per heavy atom. The van der Waals surface area contributed by atoms with Crippen LogP contribution in [-0.2, 0) is 43.7 Å². The second-order valence-corrected chi connectivity index (χ2v) is 16.7. The molecule has 0 aromatic carbocycles. The summed E-state index contributed by atoms with van der Waals surface area (Å²) >= 11 is 0. The zero-order chi connectivity index (χ0) is 55.5. The standard InChI is InChI=1S/C18H7F34N2O10PS2/c1-53(66(57,58)17(49,50)9(31,32)6(25,26)4(21,22)3(19,20)5(23,24)7(27,28)11(35,36)37)13(41,42)15(45,46)61-63-65(55,56)64-62-16(47,48)14(43,44)54(2)67(59,60)18(51,52)10(33,34)8(29,30)12(38,39)40/h1-2H3,(H,55,56). The van der Waals surface area contributed by atoms with Gasteiger partial charge in [0.15, 0.2) is 0 Å². The number of likely N-dealkylation sites (N-methyl/N-ethyl adjacent to an activating group) is 2. The van der Waals surface area contributed by atoms with Crippen LogP contribution >= 0.6 is 7.82 Å². The molecule has 0 aliphatic heterocycles. The Kier molecular flexibility index (Phi) is 16.2. The molecule has 0 fully saturated rings. The van der Waals surface area contributed by atoms with Gasteiger partial charge >= 0.3 is 102 Å². The fourth-order valence-electron chi connectivity index (χ4n) is 3.15. The van der Waals surface area contributed by atoms with E-state index in [1.165, 1.54) is 0 Å². The van der Waals surface area contributed by atoms with Gasteiger partial charge in [0.05, 0.1) is 0 Å². The second-order valence-electron chi connectivity index (χ2n) is 11.5. The normalized spacial score (nSPS) is 17.7. The van der Waals surface area contributed by atoms with Crippen molar-refractivity contribution >= 4 is 27.9 Å². The number of hydrogen-bond donors (Lipinski definition) is 1. The zero-order valence-electron chi connectivity index (χ0n) is 29.1. The summed E-state index contributed by atoms with van der Waals surface area (Å²) in [4.78, 5) is 12.5. The van der Waals surface area contributed by atoms with Crippen molar-refractivity contribution in [3.05, 3.63) is 0 Å². The van der Waals surface area contributed by atoms with E-state index >= 15 is 0 Å². The zero-order valence-corrected chi connectivity index (χ0v) is 31.7. The van der Waals surface area contributed by atoms with Crippen LogP contribution < -0.4 is 0 Å². The van der Waals surface area contributed by atoms with Crippen LogP contribution in [0.1, 0.15) is 0 Å². The Bertz CT molecular complexity index is 2090. The van der Waals surface area contributed by atoms with Crippen LogP contribution in [0.5, 0.6) is 0 Å². The summed E-state index contributed by atoms with van der Waals surface area (Å²) in [5.74, 6) is -73.0. The van der Waals surface area contributed by atoms with E-state index in [4.69, 9.17) is 4.89 Å². The lowest BCUT2D eigenvalue weighted by atomic mass is 9.91. The minimum atomic E-state index is -9.63. The van der Waals surface area contributed by atoms with Crippen LogP contribution in [0.15, 0.2) is 0 Å². The molecule has 1 unspecified atom stereocenters. The number of alkyl halides is 34. The maximum Gasteiger partial charge on any atom is 0.527 e. The first-order valence-electron chi connectivity index (χ1n) is 13.7. The number of nitrogens with zero attached hydrogens (tertiary/aromatic N) is 2. The number of phosphoric acid groups is 1. The first-order valence-corrected chi connectivity index (χ1v) is 18.1. The quantitative estimate of drug-likeness (QED) is 0.0366. The van der Waals surface area contributed by atoms with Crippen LogP contribution in [0.3, 0.4) is 0 Å². The number of sulfonamides is 2. The molecule has 0 aliphatic rings. The van der Waals surface area contributed by atoms with Crippen molar-refractivity contribution in [2.24, 2.45) is 0 Å². The predicted molar refractivity (Wildman–Crippen MR) is 129 cm³/mol. The van der Waals surface area contributed by atoms with Gasteiger partial charge in [-0.25, -0.2) is 21.4 Å². The highest BCUT2D eigenvalue weighted by atomic mass is 32.2. The molecule has 49 heteroatoms. The van der Waals surface area contributed by atoms with Gasteiger partial charge in [0.2, 0.25) is 0 Å². The maximum absolute atomic E-state index is 14.3. The first kappa shape index (κ1) is 64.5. The van der Waals surface area contributed by atoms with Gasteiger partial charge < -0.3 is 0 Å². The van der Waals surface area contributed by atoms with E-state index in [0.29, 0.717) is 0 Å². The lowest BCUT2D eigenvalue weighted by Crippen LogP contribution is -2.75. The fourth-order valence-corrected chi connectivity index (χ4v) is 5.96. The highest BCUT2D eigenvalue weighted by Crippen LogP contribution is 2.65. The lowest BCUT2D eigenvalue weighted by molar-refractivity contribution is -0.492. The lowest BCUT2D eigenvalue weighted by Gasteiger charge is -2.43. The van der Waals surface area contributed by atoms with Gasteiger partial charge in [-0.05, 0) is 0 Å². The molecule has 404 valence electrons. The van der Waals surface area contributed by atoms with Crippen LogP contribution in [0, 0.1) is 0 Å². The average molecular weight is 1150 g/mol. The molecule has 0 amide bonds. The Morgan fingerprint density at radius 2 is 0.537 bits per heavy atom. The van der Waals surface area contributed by atoms with Crippen LogP contribution in [-0.4, -0.2) is 139 Å². The summed E-state index contributed by atoms with van der Waals surface area (Å²) in [6.45, 7) is 0. The Balaban J connectivity index is 6.85. The third-order valence-corrected chi connectivity index (χ3v) is 11.4. The van der Waals surface area contributed by atoms with Crippen molar-refractivity contribution in [3.63, 3.8) is 0 Å². The summed E-state index contributed by atoms with van der Waals surface area (Å²) in [5, 5.41) is -17.4. The van der Waals surface area contributed by atoms with E-state index in [-0.39, 0.29) is 0 Å². The average Bonchev–Trinajstić information content (AvgIpc) is 3.10. The molecule has 0 heterocycles. The smallest absolute Gasteiger partial charge is 0.299 e. The molecule has 12 nitrogen and oxygen atoms in total. The second kappa shape index (κ2) is 16.8. The predicted octanol–water partition coefficient (Wildman–Crippen LogP) is 9.27. The molecule has 0 radical (unpaired) electrons. The molecule has 0 aromatic rings. The molecule has 0 rings (SSSR count). The summed E-state index contributed by atoms with van der Waals surface area (Å²) < 4.78 is 513. The van der Waals surface area contributed by atoms with Crippen molar-refractivity contribution in [2.45, 2.75) is 94.6 Å². The molecular weight excluding hydrogens is 1150 g/mol. The van der Waals surface area contributed by atoms with Crippen LogP contribution in [0.4, 0.5) is 149 Å². The molecular formula is C18H7F34N2O10PS2. The SMILES string of the molecule is CN(C(F)(F)C(F)(F)OOP(=O)(O)OOC(F)(F)C(F)(F)N(C)S(=O)(=O)C(F)(F)C(F)(F)C(F)(F)C(F)(F)C(F)(F)C(F)(F)C(F)(F)C(F)(F)F)S(=O)(=O)C(F)(F)C(F)(F)C(F)(F)C(F)(F)F. The summed E-state index contributed by atoms with van der Waals surface area (Å²) in [5.41, 5.74) is 0. The van der Waals surface area contributed by atoms with E-state index in [9.17, 15) is 171 Å². The van der Waals surface area contributed by atoms with Gasteiger partial charge in [-0.3, -0.25) is 4.89 Å². The van der Waals surface area contributed by atoms with E-state index in [1.54, 1.807) is 4.89 Å². The highest BCUT2D eigenvalue weighted by Gasteiger charge is 2.97. The maximum atomic E-state index is 14.3. The van der Waals surface area contributed by atoms with Gasteiger partial charge in [-0.2, -0.15) is 149 Å². The summed E-state index contributed by atoms with van der Waals surface area (Å²) in [7, 11) is -29.8. The fraction of sp³-hybridized carbons (Fsp3) is 1.00. The minimum Gasteiger partial charge on any atom is -0.299 e. The first-order chi connectivity index (χ1) is 28.2. The van der Waals surface area contributed by atoms with E-state index in [0.717, 1.165) is 0 Å². The van der Waals surface area contributed by atoms with Gasteiger partial charge in [0, 0.05) is 14.1 Å². The van der Waals surface area contributed by atoms with Crippen molar-refractivity contribution in [2.75, 3.05) is 14.1 Å². The van der Waals surface area contributed by atoms with E-state index in [1.807, 2.05) is 4.89 Å². The molecule has 0 saturated carbocycles. The summed E-state index contributed by atoms with van der Waals surface area (Å²) in [6, 6.07) is -15.7. The molecule has 0 spiro atoms. The Labute approximate surface area is 340 Å². The molecule has 1 N–H and O–H groups in total. The number of hydrogen-bond acceptors (Lipinski definition) is 9. The number of rotatable bonds is 22. The third kappa shape index (κ3) is 9.20. The molecule has 0 bridgehead atoms. The van der Waals surface area contributed by atoms with E-state index < -0.39 is 145 Å². The molecule has 0 aromatic heterocycles. The van der Waals surface area contributed by atoms with Gasteiger partial charge in [0.1, 0.15) is 0 Å². The monoisotopic (exact) mass is 1150 g/mol. The highest BCUT2D eigenvalue weighted by molar-refractivity contribution is 7.90. The van der Waals surface area contributed by atoms with Gasteiger partial charge in [0.25, 0.3) is 20.0 Å². The largest absolute Gasteiger partial charge is 0.527 e. The van der Waals surface area contributed by atoms with Gasteiger partial charge in [-0.1, -0.05) is 0 Å². The Hall–Kier alpha value is -2.53. The van der Waals surface area contributed by atoms with Crippen molar-refractivity contribution in [3.8, 4) is 0 Å². The van der Waals surface area contributed by atoms with Crippen molar-refractivity contribution in [1.29, 1.82) is 0 Å². The van der Waals surface area contributed by atoms with Crippen LogP contribution in [0.2, 0.25) is 0 Å². The molecule has 67 heavy (non-hydrogen) atoms. The van der Waals surface area contributed by atoms with Crippen molar-refractivity contribution < 1.29 is 195 Å². The van der Waals surface area contributed by atoms with Gasteiger partial charge in [-0.15, -0.1) is 27.7 Å². The molecule has 1 atom stereocenters. The van der Waals surface area contributed by atoms with Crippen LogP contribution in [0.25, 0.3) is 0 Å². The van der Waals surface area contributed by atoms with Crippen molar-refractivity contribution in [1.82, 2.24) is 8.61 Å². The minimum absolute atomic E-state index is 1.59. The molecule has 0 aliphatic carbocycles. The Morgan fingerprint density at radius 3 is 0.761 bits per heavy atom. The topological polar surface area (TPSA) is 149 Å². The summed E-state index contributed by atoms with van der Waals surface area (Å²) in [6.07, 6.45) is -31.8. The number of halogens is 34. The molecule has 0 saturated heterocycles. The van der Waals surface area contributed by atoms with E-state index in [2.05, 4.69) is 9.35 Å². The third-order valence-electron chi connectivity index (χ3n) is 7.14.